The molecule has 1 saturated heterocycles. The number of nitrogens with zero attached hydrogens (tertiary/aromatic N) is 3. The molecule has 1 fully saturated rings. The summed E-state index contributed by atoms with van der Waals surface area (Å²) in [6, 6.07) is 17.2. The molecule has 2 aliphatic heterocycles. The van der Waals surface area contributed by atoms with Crippen LogP contribution in [0.4, 0.5) is 5.69 Å². The van der Waals surface area contributed by atoms with Gasteiger partial charge in [0.05, 0.1) is 24.6 Å². The highest BCUT2D eigenvalue weighted by Gasteiger charge is 2.35. The van der Waals surface area contributed by atoms with Crippen molar-refractivity contribution in [1.29, 1.82) is 0 Å². The lowest BCUT2D eigenvalue weighted by atomic mass is 10.0. The van der Waals surface area contributed by atoms with Crippen LogP contribution in [-0.4, -0.2) is 48.8 Å². The minimum Gasteiger partial charge on any atom is -0.497 e. The number of benzene rings is 2. The van der Waals surface area contributed by atoms with E-state index in [-0.39, 0.29) is 11.5 Å². The molecule has 1 unspecified atom stereocenters. The van der Waals surface area contributed by atoms with Crippen molar-refractivity contribution in [3.8, 4) is 5.75 Å². The molecule has 2 aromatic carbocycles. The average Bonchev–Trinajstić information content (AvgIpc) is 3.68. The highest BCUT2D eigenvalue weighted by atomic mass is 16.5. The number of carbonyl (C=O) groups excluding carboxylic acids is 3. The van der Waals surface area contributed by atoms with Crippen molar-refractivity contribution in [1.82, 2.24) is 5.01 Å². The van der Waals surface area contributed by atoms with E-state index in [0.717, 1.165) is 17.7 Å². The molecule has 0 radical (unpaired) electrons. The molecule has 2 aliphatic rings. The molecule has 0 aliphatic carbocycles. The first-order valence-corrected chi connectivity index (χ1v) is 11.7. The van der Waals surface area contributed by atoms with Crippen molar-refractivity contribution >= 4 is 29.2 Å². The number of carbonyl (C=O) groups is 3. The first kappa shape index (κ1) is 23.3. The summed E-state index contributed by atoms with van der Waals surface area (Å²) in [6.07, 6.45) is 3.27. The van der Waals surface area contributed by atoms with Crippen LogP contribution in [0.15, 0.2) is 76.4 Å². The van der Waals surface area contributed by atoms with Crippen LogP contribution in [0.5, 0.6) is 5.75 Å². The Morgan fingerprint density at radius 3 is 2.64 bits per heavy atom. The van der Waals surface area contributed by atoms with Crippen LogP contribution in [0.1, 0.15) is 47.0 Å². The van der Waals surface area contributed by atoms with E-state index < -0.39 is 24.5 Å². The number of amides is 2. The molecule has 1 atom stereocenters. The summed E-state index contributed by atoms with van der Waals surface area (Å²) in [7, 11) is 1.60. The second kappa shape index (κ2) is 10.1. The summed E-state index contributed by atoms with van der Waals surface area (Å²) in [5, 5.41) is 5.85. The molecule has 0 saturated carbocycles. The number of hydrogen-bond donors (Lipinski definition) is 0. The summed E-state index contributed by atoms with van der Waals surface area (Å²) in [5.41, 5.74) is 2.48. The summed E-state index contributed by atoms with van der Waals surface area (Å²) < 4.78 is 16.1. The van der Waals surface area contributed by atoms with E-state index in [1.165, 1.54) is 5.01 Å². The number of esters is 1. The lowest BCUT2D eigenvalue weighted by Crippen LogP contribution is -2.31. The second-order valence-electron chi connectivity index (χ2n) is 8.52. The third-order valence-corrected chi connectivity index (χ3v) is 6.25. The Balaban J connectivity index is 1.29. The quantitative estimate of drug-likeness (QED) is 0.468. The zero-order valence-corrected chi connectivity index (χ0v) is 19.8. The molecule has 3 aromatic rings. The van der Waals surface area contributed by atoms with Crippen molar-refractivity contribution in [3.05, 3.63) is 83.8 Å². The predicted molar refractivity (Wildman–Crippen MR) is 131 cm³/mol. The maximum absolute atomic E-state index is 13.1. The molecule has 36 heavy (non-hydrogen) atoms. The fourth-order valence-electron chi connectivity index (χ4n) is 4.40. The molecule has 3 heterocycles. The normalized spacial score (nSPS) is 17.3. The first-order chi connectivity index (χ1) is 17.5. The standard InChI is InChI=1S/C27H25N3O6/c1-34-21-11-9-18(10-12-21)22-16-23(24-7-4-14-35-24)30(28-22)26(32)17-36-27(33)19-5-2-6-20(15-19)29-13-3-8-25(29)31/h2,4-7,9-12,14-15,23H,3,8,13,16-17H2,1H3. The van der Waals surface area contributed by atoms with Gasteiger partial charge in [-0.25, -0.2) is 9.80 Å². The van der Waals surface area contributed by atoms with Crippen molar-refractivity contribution in [2.75, 3.05) is 25.2 Å². The van der Waals surface area contributed by atoms with Crippen LogP contribution < -0.4 is 9.64 Å². The first-order valence-electron chi connectivity index (χ1n) is 11.7. The summed E-state index contributed by atoms with van der Waals surface area (Å²) >= 11 is 0. The number of ether oxygens (including phenoxy) is 2. The van der Waals surface area contributed by atoms with Crippen LogP contribution in [0.25, 0.3) is 0 Å². The smallest absolute Gasteiger partial charge is 0.338 e. The third kappa shape index (κ3) is 4.72. The second-order valence-corrected chi connectivity index (χ2v) is 8.52. The molecule has 0 bridgehead atoms. The van der Waals surface area contributed by atoms with Gasteiger partial charge >= 0.3 is 5.97 Å². The van der Waals surface area contributed by atoms with E-state index >= 15 is 0 Å². The summed E-state index contributed by atoms with van der Waals surface area (Å²) in [6.45, 7) is 0.135. The van der Waals surface area contributed by atoms with Crippen molar-refractivity contribution in [3.63, 3.8) is 0 Å². The molecule has 0 spiro atoms. The van der Waals surface area contributed by atoms with E-state index in [2.05, 4.69) is 5.10 Å². The van der Waals surface area contributed by atoms with Gasteiger partial charge in [-0.2, -0.15) is 5.10 Å². The van der Waals surface area contributed by atoms with Crippen molar-refractivity contribution < 1.29 is 28.3 Å². The van der Waals surface area contributed by atoms with E-state index in [4.69, 9.17) is 13.9 Å². The molecule has 0 N–H and O–H groups in total. The van der Waals surface area contributed by atoms with Crippen molar-refractivity contribution in [2.24, 2.45) is 5.10 Å². The van der Waals surface area contributed by atoms with Crippen molar-refractivity contribution in [2.45, 2.75) is 25.3 Å². The monoisotopic (exact) mass is 487 g/mol. The summed E-state index contributed by atoms with van der Waals surface area (Å²) in [4.78, 5) is 39.5. The van der Waals surface area contributed by atoms with Gasteiger partial charge in [0.2, 0.25) is 5.91 Å². The predicted octanol–water partition coefficient (Wildman–Crippen LogP) is 3.95. The van der Waals surface area contributed by atoms with Crippen LogP contribution in [0, 0.1) is 0 Å². The molecule has 184 valence electrons. The number of anilines is 1. The fraction of sp³-hybridized carbons (Fsp3) is 0.259. The van der Waals surface area contributed by atoms with Gasteiger partial charge in [0.25, 0.3) is 5.91 Å². The highest BCUT2D eigenvalue weighted by Crippen LogP contribution is 2.33. The van der Waals surface area contributed by atoms with Gasteiger partial charge in [0.1, 0.15) is 17.6 Å². The molecule has 1 aromatic heterocycles. The largest absolute Gasteiger partial charge is 0.497 e. The number of methoxy groups -OCH3 is 1. The van der Waals surface area contributed by atoms with Gasteiger partial charge in [-0.15, -0.1) is 0 Å². The third-order valence-electron chi connectivity index (χ3n) is 6.25. The van der Waals surface area contributed by atoms with E-state index in [1.54, 1.807) is 54.7 Å². The van der Waals surface area contributed by atoms with Gasteiger partial charge < -0.3 is 18.8 Å². The number of hydrogen-bond acceptors (Lipinski definition) is 7. The van der Waals surface area contributed by atoms with Crippen LogP contribution >= 0.6 is 0 Å². The molecular weight excluding hydrogens is 462 g/mol. The lowest BCUT2D eigenvalue weighted by Gasteiger charge is -2.20. The Bertz CT molecular complexity index is 1300. The highest BCUT2D eigenvalue weighted by molar-refractivity contribution is 6.03. The molecule has 2 amide bonds. The number of rotatable bonds is 7. The minimum absolute atomic E-state index is 0.0271. The fourth-order valence-corrected chi connectivity index (χ4v) is 4.40. The van der Waals surface area contributed by atoms with Crippen LogP contribution in [-0.2, 0) is 14.3 Å². The molecular formula is C27H25N3O6. The average molecular weight is 488 g/mol. The van der Waals surface area contributed by atoms with Gasteiger partial charge in [-0.05, 0) is 66.6 Å². The molecule has 9 nitrogen and oxygen atoms in total. The maximum atomic E-state index is 13.1. The Morgan fingerprint density at radius 2 is 1.94 bits per heavy atom. The van der Waals surface area contributed by atoms with Crippen LogP contribution in [0.3, 0.4) is 0 Å². The van der Waals surface area contributed by atoms with Gasteiger partial charge in [0, 0.05) is 25.1 Å². The number of furan rings is 1. The maximum Gasteiger partial charge on any atom is 0.338 e. The Labute approximate surface area is 207 Å². The zero-order chi connectivity index (χ0) is 25.1. The Hall–Kier alpha value is -4.40. The number of hydrazone groups is 1. The van der Waals surface area contributed by atoms with Gasteiger partial charge in [0.15, 0.2) is 6.61 Å². The Kier molecular flexibility index (Phi) is 6.53. The SMILES string of the molecule is COc1ccc(C2=NN(C(=O)COC(=O)c3cccc(N4CCCC4=O)c3)C(c3ccco3)C2)cc1. The summed E-state index contributed by atoms with van der Waals surface area (Å²) in [5.74, 6) is 0.214. The Morgan fingerprint density at radius 1 is 1.11 bits per heavy atom. The van der Waals surface area contributed by atoms with Crippen LogP contribution in [0.2, 0.25) is 0 Å². The minimum atomic E-state index is -0.648. The van der Waals surface area contributed by atoms with Gasteiger partial charge in [-0.1, -0.05) is 6.07 Å². The molecule has 9 heteroatoms. The van der Waals surface area contributed by atoms with E-state index in [0.29, 0.717) is 36.5 Å². The molecule has 5 rings (SSSR count). The topological polar surface area (TPSA) is 102 Å². The van der Waals surface area contributed by atoms with E-state index in [1.807, 2.05) is 24.3 Å². The zero-order valence-electron chi connectivity index (χ0n) is 19.8. The lowest BCUT2D eigenvalue weighted by molar-refractivity contribution is -0.136. The van der Waals surface area contributed by atoms with Gasteiger partial charge in [-0.3, -0.25) is 9.59 Å². The van der Waals surface area contributed by atoms with E-state index in [9.17, 15) is 14.4 Å².